The number of hydrogen-bond acceptors (Lipinski definition) is 2. The van der Waals surface area contributed by atoms with Crippen LogP contribution in [0.3, 0.4) is 0 Å². The lowest BCUT2D eigenvalue weighted by atomic mass is 9.88. The average Bonchev–Trinajstić information content (AvgIpc) is 3.00. The number of benzene rings is 1. The van der Waals surface area contributed by atoms with Crippen LogP contribution in [0.2, 0.25) is 0 Å². The summed E-state index contributed by atoms with van der Waals surface area (Å²) in [4.78, 5) is 4.68. The molecule has 0 radical (unpaired) electrons. The van der Waals surface area contributed by atoms with Crippen LogP contribution in [0.25, 0.3) is 11.0 Å². The van der Waals surface area contributed by atoms with Gasteiger partial charge in [0.25, 0.3) is 0 Å². The van der Waals surface area contributed by atoms with Crippen LogP contribution in [0.4, 0.5) is 4.39 Å². The Morgan fingerprint density at radius 1 is 1.42 bits per heavy atom. The number of halogens is 1. The second-order valence-corrected chi connectivity index (χ2v) is 6.13. The van der Waals surface area contributed by atoms with Crippen molar-refractivity contribution in [2.24, 2.45) is 0 Å². The number of rotatable bonds is 2. The van der Waals surface area contributed by atoms with Gasteiger partial charge >= 0.3 is 0 Å². The van der Waals surface area contributed by atoms with Crippen molar-refractivity contribution in [1.29, 1.82) is 0 Å². The number of nitrogens with zero attached hydrogens (tertiary/aromatic N) is 2. The van der Waals surface area contributed by atoms with Gasteiger partial charge in [0.1, 0.15) is 11.3 Å². The summed E-state index contributed by atoms with van der Waals surface area (Å²) in [7, 11) is 0. The largest absolute Gasteiger partial charge is 0.324 e. The lowest BCUT2D eigenvalue weighted by Crippen LogP contribution is -2.29. The molecule has 0 spiro atoms. The third-order valence-electron chi connectivity index (χ3n) is 4.49. The number of aromatic nitrogens is 2. The molecule has 2 aliphatic rings. The van der Waals surface area contributed by atoms with Gasteiger partial charge in [0.15, 0.2) is 5.82 Å². The third-order valence-corrected chi connectivity index (χ3v) is 4.49. The minimum atomic E-state index is -0.201. The van der Waals surface area contributed by atoms with Crippen LogP contribution in [0.5, 0.6) is 0 Å². The van der Waals surface area contributed by atoms with E-state index in [4.69, 9.17) is 0 Å². The molecule has 2 heterocycles. The molecule has 4 heteroatoms. The zero-order valence-electron chi connectivity index (χ0n) is 11.1. The summed E-state index contributed by atoms with van der Waals surface area (Å²) < 4.78 is 16.3. The molecule has 1 aromatic heterocycles. The van der Waals surface area contributed by atoms with Gasteiger partial charge in [0, 0.05) is 18.0 Å². The molecular weight excluding hydrogens is 241 g/mol. The highest BCUT2D eigenvalue weighted by Crippen LogP contribution is 2.43. The minimum absolute atomic E-state index is 0.0358. The standard InChI is InChI=1S/C15H18FN3/c1-15(7-8-17-9-15)14-18-13-11(16)3-2-4-12(13)19(14)10-5-6-10/h2-4,10,17H,5-9H2,1H3. The summed E-state index contributed by atoms with van der Waals surface area (Å²) in [6, 6.07) is 5.82. The molecular formula is C15H18FN3. The molecule has 19 heavy (non-hydrogen) atoms. The first-order chi connectivity index (χ1) is 9.19. The predicted molar refractivity (Wildman–Crippen MR) is 72.8 cm³/mol. The van der Waals surface area contributed by atoms with E-state index in [1.165, 1.54) is 18.9 Å². The Balaban J connectivity index is 1.99. The van der Waals surface area contributed by atoms with Crippen molar-refractivity contribution in [3.05, 3.63) is 29.8 Å². The van der Waals surface area contributed by atoms with Crippen LogP contribution < -0.4 is 5.32 Å². The highest BCUT2D eigenvalue weighted by Gasteiger charge is 2.39. The molecule has 1 aliphatic carbocycles. The lowest BCUT2D eigenvalue weighted by Gasteiger charge is -2.23. The molecule has 1 atom stereocenters. The Labute approximate surface area is 111 Å². The van der Waals surface area contributed by atoms with Crippen molar-refractivity contribution >= 4 is 11.0 Å². The molecule has 100 valence electrons. The van der Waals surface area contributed by atoms with Gasteiger partial charge in [-0.3, -0.25) is 0 Å². The van der Waals surface area contributed by atoms with Gasteiger partial charge in [-0.2, -0.15) is 0 Å². The van der Waals surface area contributed by atoms with Crippen LogP contribution in [-0.2, 0) is 5.41 Å². The maximum atomic E-state index is 14.0. The molecule has 0 amide bonds. The summed E-state index contributed by atoms with van der Waals surface area (Å²) in [5.41, 5.74) is 1.54. The Hall–Kier alpha value is -1.42. The molecule has 1 unspecified atom stereocenters. The molecule has 1 aliphatic heterocycles. The first-order valence-electron chi connectivity index (χ1n) is 7.07. The summed E-state index contributed by atoms with van der Waals surface area (Å²) in [6.45, 7) is 4.20. The van der Waals surface area contributed by atoms with Gasteiger partial charge in [-0.1, -0.05) is 13.0 Å². The first kappa shape index (κ1) is 11.4. The van der Waals surface area contributed by atoms with E-state index in [1.54, 1.807) is 6.07 Å². The Morgan fingerprint density at radius 2 is 2.26 bits per heavy atom. The second-order valence-electron chi connectivity index (χ2n) is 6.13. The molecule has 2 aromatic rings. The summed E-state index contributed by atoms with van der Waals surface area (Å²) >= 11 is 0. The molecule has 2 fully saturated rings. The van der Waals surface area contributed by atoms with Crippen LogP contribution in [-0.4, -0.2) is 22.6 Å². The molecule has 1 aromatic carbocycles. The molecule has 4 rings (SSSR count). The summed E-state index contributed by atoms with van der Waals surface area (Å²) in [5, 5.41) is 3.41. The van der Waals surface area contributed by atoms with Gasteiger partial charge < -0.3 is 9.88 Å². The number of imidazole rings is 1. The quantitative estimate of drug-likeness (QED) is 0.898. The van der Waals surface area contributed by atoms with Gasteiger partial charge in [0.2, 0.25) is 0 Å². The fourth-order valence-electron chi connectivity index (χ4n) is 3.22. The molecule has 1 saturated heterocycles. The van der Waals surface area contributed by atoms with E-state index in [1.807, 2.05) is 6.07 Å². The lowest BCUT2D eigenvalue weighted by molar-refractivity contribution is 0.462. The van der Waals surface area contributed by atoms with Crippen molar-refractivity contribution in [1.82, 2.24) is 14.9 Å². The highest BCUT2D eigenvalue weighted by molar-refractivity contribution is 5.77. The maximum absolute atomic E-state index is 14.0. The number of hydrogen-bond donors (Lipinski definition) is 1. The predicted octanol–water partition coefficient (Wildman–Crippen LogP) is 2.76. The fraction of sp³-hybridized carbons (Fsp3) is 0.533. The minimum Gasteiger partial charge on any atom is -0.324 e. The zero-order chi connectivity index (χ0) is 13.0. The number of fused-ring (bicyclic) bond motifs is 1. The Bertz CT molecular complexity index is 636. The van der Waals surface area contributed by atoms with Gasteiger partial charge in [-0.15, -0.1) is 0 Å². The van der Waals surface area contributed by atoms with Crippen LogP contribution in [0, 0.1) is 5.82 Å². The van der Waals surface area contributed by atoms with E-state index in [0.29, 0.717) is 11.6 Å². The van der Waals surface area contributed by atoms with Crippen molar-refractivity contribution in [2.75, 3.05) is 13.1 Å². The van der Waals surface area contributed by atoms with Gasteiger partial charge in [0.05, 0.1) is 5.52 Å². The van der Waals surface area contributed by atoms with Gasteiger partial charge in [-0.25, -0.2) is 9.37 Å². The monoisotopic (exact) mass is 259 g/mol. The zero-order valence-corrected chi connectivity index (χ0v) is 11.1. The third kappa shape index (κ3) is 1.62. The molecule has 3 nitrogen and oxygen atoms in total. The molecule has 0 bridgehead atoms. The first-order valence-corrected chi connectivity index (χ1v) is 7.07. The fourth-order valence-corrected chi connectivity index (χ4v) is 3.22. The van der Waals surface area contributed by atoms with E-state index in [9.17, 15) is 4.39 Å². The van der Waals surface area contributed by atoms with Crippen molar-refractivity contribution in [2.45, 2.75) is 37.6 Å². The van der Waals surface area contributed by atoms with E-state index < -0.39 is 0 Å². The average molecular weight is 259 g/mol. The molecule has 1 saturated carbocycles. The van der Waals surface area contributed by atoms with Gasteiger partial charge in [-0.05, 0) is 37.9 Å². The maximum Gasteiger partial charge on any atom is 0.151 e. The number of para-hydroxylation sites is 1. The van der Waals surface area contributed by atoms with Crippen molar-refractivity contribution in [3.63, 3.8) is 0 Å². The highest BCUT2D eigenvalue weighted by atomic mass is 19.1. The second kappa shape index (κ2) is 3.79. The Morgan fingerprint density at radius 3 is 2.95 bits per heavy atom. The van der Waals surface area contributed by atoms with Crippen LogP contribution in [0.1, 0.15) is 38.1 Å². The normalized spacial score (nSPS) is 27.3. The Kier molecular flexibility index (Phi) is 2.28. The van der Waals surface area contributed by atoms with E-state index >= 15 is 0 Å². The van der Waals surface area contributed by atoms with Crippen molar-refractivity contribution < 1.29 is 4.39 Å². The van der Waals surface area contributed by atoms with E-state index in [-0.39, 0.29) is 11.2 Å². The SMILES string of the molecule is CC1(c2nc3c(F)cccc3n2C2CC2)CCNC1. The van der Waals surface area contributed by atoms with E-state index in [2.05, 4.69) is 21.8 Å². The summed E-state index contributed by atoms with van der Waals surface area (Å²) in [5.74, 6) is 0.868. The smallest absolute Gasteiger partial charge is 0.151 e. The molecule has 1 N–H and O–H groups in total. The number of nitrogens with one attached hydrogen (secondary N) is 1. The van der Waals surface area contributed by atoms with Crippen LogP contribution >= 0.6 is 0 Å². The summed E-state index contributed by atoms with van der Waals surface area (Å²) in [6.07, 6.45) is 3.46. The van der Waals surface area contributed by atoms with E-state index in [0.717, 1.165) is 30.9 Å². The van der Waals surface area contributed by atoms with Crippen LogP contribution in [0.15, 0.2) is 18.2 Å². The topological polar surface area (TPSA) is 29.9 Å². The van der Waals surface area contributed by atoms with Crippen molar-refractivity contribution in [3.8, 4) is 0 Å².